The van der Waals surface area contributed by atoms with Crippen molar-refractivity contribution in [2.45, 2.75) is 19.2 Å². The van der Waals surface area contributed by atoms with Crippen molar-refractivity contribution >= 4 is 5.91 Å². The Labute approximate surface area is 173 Å². The van der Waals surface area contributed by atoms with Crippen LogP contribution >= 0.6 is 0 Å². The van der Waals surface area contributed by atoms with Crippen LogP contribution in [-0.2, 0) is 6.18 Å². The van der Waals surface area contributed by atoms with Crippen LogP contribution in [0, 0.1) is 11.3 Å². The lowest BCUT2D eigenvalue weighted by Crippen LogP contribution is -2.27. The summed E-state index contributed by atoms with van der Waals surface area (Å²) in [6.07, 6.45) is -2.38. The Morgan fingerprint density at radius 2 is 1.90 bits per heavy atom. The minimum absolute atomic E-state index is 0.0965. The maximum absolute atomic E-state index is 13.4. The number of hydrogen-bond acceptors (Lipinski definition) is 5. The van der Waals surface area contributed by atoms with Crippen molar-refractivity contribution in [2.75, 3.05) is 0 Å². The molecule has 0 aliphatic heterocycles. The SMILES string of the molecule is C[C@H](Oc1ccc(-c2cc(C(N)=O)c(=O)[nH]c2C(F)(F)F)cc1)c1cncc(C#N)c1. The van der Waals surface area contributed by atoms with E-state index < -0.39 is 40.6 Å². The van der Waals surface area contributed by atoms with Gasteiger partial charge >= 0.3 is 6.18 Å². The molecule has 0 bridgehead atoms. The molecule has 3 N–H and O–H groups in total. The highest BCUT2D eigenvalue weighted by Gasteiger charge is 2.36. The van der Waals surface area contributed by atoms with Crippen LogP contribution in [0.1, 0.15) is 40.2 Å². The van der Waals surface area contributed by atoms with Crippen molar-refractivity contribution in [1.29, 1.82) is 5.26 Å². The smallest absolute Gasteiger partial charge is 0.431 e. The average Bonchev–Trinajstić information content (AvgIpc) is 2.73. The van der Waals surface area contributed by atoms with E-state index in [1.54, 1.807) is 24.2 Å². The lowest BCUT2D eigenvalue weighted by molar-refractivity contribution is -0.140. The number of hydrogen-bond donors (Lipinski definition) is 2. The molecule has 0 fully saturated rings. The van der Waals surface area contributed by atoms with Crippen molar-refractivity contribution < 1.29 is 22.7 Å². The second kappa shape index (κ2) is 8.31. The summed E-state index contributed by atoms with van der Waals surface area (Å²) in [6.45, 7) is 1.73. The van der Waals surface area contributed by atoms with Crippen LogP contribution in [0.5, 0.6) is 5.75 Å². The van der Waals surface area contributed by atoms with Crippen LogP contribution in [0.4, 0.5) is 13.2 Å². The van der Waals surface area contributed by atoms with Gasteiger partial charge in [0.2, 0.25) is 0 Å². The number of primary amides is 1. The number of nitrogens with one attached hydrogen (secondary N) is 1. The molecule has 1 atom stereocenters. The monoisotopic (exact) mass is 428 g/mol. The number of aromatic amines is 1. The van der Waals surface area contributed by atoms with Gasteiger partial charge in [-0.2, -0.15) is 18.4 Å². The molecule has 3 aromatic rings. The van der Waals surface area contributed by atoms with Crippen LogP contribution in [0.25, 0.3) is 11.1 Å². The Morgan fingerprint density at radius 1 is 1.23 bits per heavy atom. The van der Waals surface area contributed by atoms with Gasteiger partial charge in [0.25, 0.3) is 11.5 Å². The van der Waals surface area contributed by atoms with E-state index in [-0.39, 0.29) is 5.56 Å². The molecule has 0 aliphatic rings. The van der Waals surface area contributed by atoms with Crippen LogP contribution in [0.3, 0.4) is 0 Å². The van der Waals surface area contributed by atoms with E-state index in [4.69, 9.17) is 15.7 Å². The lowest BCUT2D eigenvalue weighted by Gasteiger charge is -2.16. The zero-order valence-electron chi connectivity index (χ0n) is 16.0. The van der Waals surface area contributed by atoms with E-state index in [1.165, 1.54) is 30.5 Å². The second-order valence-electron chi connectivity index (χ2n) is 6.57. The second-order valence-corrected chi connectivity index (χ2v) is 6.57. The van der Waals surface area contributed by atoms with E-state index in [1.807, 2.05) is 6.07 Å². The number of nitriles is 1. The number of aromatic nitrogens is 2. The topological polar surface area (TPSA) is 122 Å². The largest absolute Gasteiger partial charge is 0.486 e. The molecule has 1 aromatic carbocycles. The third-order valence-corrected chi connectivity index (χ3v) is 4.43. The molecule has 0 saturated carbocycles. The quantitative estimate of drug-likeness (QED) is 0.643. The summed E-state index contributed by atoms with van der Waals surface area (Å²) in [5, 5.41) is 8.96. The van der Waals surface area contributed by atoms with Gasteiger partial charge < -0.3 is 15.5 Å². The molecular formula is C21H15F3N4O3. The zero-order valence-corrected chi connectivity index (χ0v) is 16.0. The highest BCUT2D eigenvalue weighted by atomic mass is 19.4. The van der Waals surface area contributed by atoms with Gasteiger partial charge in [-0.05, 0) is 36.8 Å². The number of rotatable bonds is 5. The van der Waals surface area contributed by atoms with Gasteiger partial charge in [0.1, 0.15) is 29.2 Å². The number of benzene rings is 1. The first-order chi connectivity index (χ1) is 14.6. The summed E-state index contributed by atoms with van der Waals surface area (Å²) in [4.78, 5) is 28.8. The van der Waals surface area contributed by atoms with Gasteiger partial charge in [-0.25, -0.2) is 0 Å². The van der Waals surface area contributed by atoms with Crippen LogP contribution in [-0.4, -0.2) is 15.9 Å². The third kappa shape index (κ3) is 4.72. The number of nitrogens with zero attached hydrogens (tertiary/aromatic N) is 2. The van der Waals surface area contributed by atoms with E-state index in [9.17, 15) is 22.8 Å². The highest BCUT2D eigenvalue weighted by Crippen LogP contribution is 2.36. The Morgan fingerprint density at radius 3 is 2.48 bits per heavy atom. The first kappa shape index (κ1) is 21.6. The third-order valence-electron chi connectivity index (χ3n) is 4.43. The average molecular weight is 428 g/mol. The van der Waals surface area contributed by atoms with Crippen molar-refractivity contribution in [3.05, 3.63) is 81.5 Å². The number of halogens is 3. The van der Waals surface area contributed by atoms with E-state index in [0.717, 1.165) is 6.07 Å². The van der Waals surface area contributed by atoms with Crippen LogP contribution in [0.2, 0.25) is 0 Å². The van der Waals surface area contributed by atoms with E-state index in [2.05, 4.69) is 4.98 Å². The molecule has 0 saturated heterocycles. The summed E-state index contributed by atoms with van der Waals surface area (Å²) in [6, 6.07) is 10.0. The predicted molar refractivity (Wildman–Crippen MR) is 104 cm³/mol. The van der Waals surface area contributed by atoms with Gasteiger partial charge in [-0.3, -0.25) is 14.6 Å². The minimum Gasteiger partial charge on any atom is -0.486 e. The number of carbonyl (C=O) groups is 1. The molecular weight excluding hydrogens is 413 g/mol. The maximum Gasteiger partial charge on any atom is 0.431 e. The molecule has 3 rings (SSSR count). The fraction of sp³-hybridized carbons (Fsp3) is 0.143. The molecule has 31 heavy (non-hydrogen) atoms. The molecule has 0 spiro atoms. The summed E-state index contributed by atoms with van der Waals surface area (Å²) < 4.78 is 46.0. The molecule has 10 heteroatoms. The standard InChI is InChI=1S/C21H15F3N4O3/c1-11(14-6-12(8-25)9-27-10-14)31-15-4-2-13(3-5-15)16-7-17(19(26)29)20(30)28-18(16)21(22,23)24/h2-7,9-11H,1H3,(H2,26,29)(H,28,30)/t11-/m0/s1. The van der Waals surface area contributed by atoms with Crippen LogP contribution in [0.15, 0.2) is 53.6 Å². The van der Waals surface area contributed by atoms with Gasteiger partial charge in [-0.1, -0.05) is 12.1 Å². The van der Waals surface area contributed by atoms with Crippen molar-refractivity contribution in [1.82, 2.24) is 9.97 Å². The van der Waals surface area contributed by atoms with Gasteiger partial charge in [-0.15, -0.1) is 0 Å². The fourth-order valence-electron chi connectivity index (χ4n) is 2.89. The Balaban J connectivity index is 1.94. The Hall–Kier alpha value is -4.13. The Kier molecular flexibility index (Phi) is 5.79. The molecule has 2 heterocycles. The molecule has 2 aromatic heterocycles. The number of ether oxygens (including phenoxy) is 1. The molecule has 1 amide bonds. The lowest BCUT2D eigenvalue weighted by atomic mass is 10.0. The van der Waals surface area contributed by atoms with Gasteiger partial charge in [0, 0.05) is 23.5 Å². The number of H-pyrrole nitrogens is 1. The highest BCUT2D eigenvalue weighted by molar-refractivity contribution is 5.94. The molecule has 0 aliphatic carbocycles. The van der Waals surface area contributed by atoms with Crippen LogP contribution < -0.4 is 16.0 Å². The fourth-order valence-corrected chi connectivity index (χ4v) is 2.89. The van der Waals surface area contributed by atoms with Crippen molar-refractivity contribution in [3.8, 4) is 22.9 Å². The first-order valence-corrected chi connectivity index (χ1v) is 8.86. The zero-order chi connectivity index (χ0) is 22.8. The van der Waals surface area contributed by atoms with Crippen molar-refractivity contribution in [2.24, 2.45) is 5.73 Å². The molecule has 7 nitrogen and oxygen atoms in total. The van der Waals surface area contributed by atoms with Crippen molar-refractivity contribution in [3.63, 3.8) is 0 Å². The minimum atomic E-state index is -4.85. The summed E-state index contributed by atoms with van der Waals surface area (Å²) in [5.74, 6) is -0.787. The van der Waals surface area contributed by atoms with E-state index >= 15 is 0 Å². The number of carbonyl (C=O) groups excluding carboxylic acids is 1. The number of amides is 1. The summed E-state index contributed by atoms with van der Waals surface area (Å²) in [7, 11) is 0. The first-order valence-electron chi connectivity index (χ1n) is 8.86. The van der Waals surface area contributed by atoms with Gasteiger partial charge in [0.15, 0.2) is 0 Å². The number of pyridine rings is 2. The number of alkyl halides is 3. The summed E-state index contributed by atoms with van der Waals surface area (Å²) in [5.41, 5.74) is 2.72. The normalized spacial score (nSPS) is 12.1. The molecule has 158 valence electrons. The summed E-state index contributed by atoms with van der Waals surface area (Å²) >= 11 is 0. The van der Waals surface area contributed by atoms with Gasteiger partial charge in [0.05, 0.1) is 5.56 Å². The molecule has 0 unspecified atom stereocenters. The Bertz CT molecular complexity index is 1230. The molecule has 0 radical (unpaired) electrons. The predicted octanol–water partition coefficient (Wildman–Crippen LogP) is 3.57. The number of nitrogens with two attached hydrogens (primary N) is 1. The van der Waals surface area contributed by atoms with E-state index in [0.29, 0.717) is 16.9 Å². The maximum atomic E-state index is 13.4.